The van der Waals surface area contributed by atoms with Gasteiger partial charge in [0.05, 0.1) is 17.4 Å². The van der Waals surface area contributed by atoms with Crippen LogP contribution in [0.15, 0.2) is 55.0 Å². The van der Waals surface area contributed by atoms with E-state index in [2.05, 4.69) is 39.0 Å². The zero-order valence-electron chi connectivity index (χ0n) is 20.8. The molecule has 3 aromatic heterocycles. The number of piperidine rings is 1. The van der Waals surface area contributed by atoms with Gasteiger partial charge >= 0.3 is 0 Å². The van der Waals surface area contributed by atoms with Gasteiger partial charge in [0.2, 0.25) is 0 Å². The number of hydrogen-bond donors (Lipinski definition) is 0. The van der Waals surface area contributed by atoms with Crippen molar-refractivity contribution in [2.24, 2.45) is 5.92 Å². The molecule has 1 aliphatic carbocycles. The second-order valence-corrected chi connectivity index (χ2v) is 10.6. The number of piperazine rings is 1. The minimum Gasteiger partial charge on any atom is -0.346 e. The Morgan fingerprint density at radius 3 is 2.65 bits per heavy atom. The Kier molecular flexibility index (Phi) is 5.26. The second-order valence-electron chi connectivity index (χ2n) is 10.6. The van der Waals surface area contributed by atoms with Crippen LogP contribution in [-0.2, 0) is 12.1 Å². The highest BCUT2D eigenvalue weighted by Crippen LogP contribution is 2.63. The summed E-state index contributed by atoms with van der Waals surface area (Å²) >= 11 is 0. The van der Waals surface area contributed by atoms with E-state index in [0.717, 1.165) is 80.4 Å². The highest BCUT2D eigenvalue weighted by molar-refractivity contribution is 5.77. The van der Waals surface area contributed by atoms with Crippen LogP contribution in [0.1, 0.15) is 24.1 Å². The molecule has 4 aromatic rings. The molecule has 0 spiro atoms. The van der Waals surface area contributed by atoms with Crippen LogP contribution >= 0.6 is 0 Å². The minimum absolute atomic E-state index is 0.309. The van der Waals surface area contributed by atoms with Crippen molar-refractivity contribution >= 4 is 11.5 Å². The fourth-order valence-electron chi connectivity index (χ4n) is 6.22. The summed E-state index contributed by atoms with van der Waals surface area (Å²) in [6.07, 6.45) is 7.35. The third-order valence-corrected chi connectivity index (χ3v) is 8.40. The standard InChI is InChI=1S/C28H29F2N7/c1-34-10-12-35(13-11-34)18-22-4-2-19(16-31-22)23-17-32-37-9-7-26(33-27(23)37)36-8-6-20-15-28(20,36)24-14-21(29)3-5-25(24)30/h2-5,7,9,14,16-17,20H,6,8,10-13,15,18H2,1H3/t20-,28+/m0/s1. The van der Waals surface area contributed by atoms with Crippen LogP contribution in [-0.4, -0.2) is 69.2 Å². The Labute approximate surface area is 214 Å². The lowest BCUT2D eigenvalue weighted by Crippen LogP contribution is -2.43. The lowest BCUT2D eigenvalue weighted by molar-refractivity contribution is 0.147. The molecular formula is C28H29F2N7. The van der Waals surface area contributed by atoms with Crippen molar-refractivity contribution in [3.63, 3.8) is 0 Å². The molecule has 0 amide bonds. The van der Waals surface area contributed by atoms with Crippen molar-refractivity contribution in [2.75, 3.05) is 44.7 Å². The number of anilines is 1. The topological polar surface area (TPSA) is 52.8 Å². The fraction of sp³-hybridized carbons (Fsp3) is 0.393. The number of halogens is 2. The number of aromatic nitrogens is 4. The highest BCUT2D eigenvalue weighted by atomic mass is 19.1. The van der Waals surface area contributed by atoms with E-state index in [4.69, 9.17) is 9.97 Å². The maximum atomic E-state index is 14.8. The summed E-state index contributed by atoms with van der Waals surface area (Å²) in [5, 5.41) is 4.50. The Hall–Kier alpha value is -3.43. The third-order valence-electron chi connectivity index (χ3n) is 8.40. The first-order chi connectivity index (χ1) is 18.0. The molecule has 190 valence electrons. The van der Waals surface area contributed by atoms with E-state index in [1.54, 1.807) is 4.52 Å². The van der Waals surface area contributed by atoms with Crippen LogP contribution in [0.2, 0.25) is 0 Å². The predicted molar refractivity (Wildman–Crippen MR) is 137 cm³/mol. The van der Waals surface area contributed by atoms with Crippen molar-refractivity contribution in [1.82, 2.24) is 29.4 Å². The molecule has 7 rings (SSSR count). The van der Waals surface area contributed by atoms with Crippen molar-refractivity contribution < 1.29 is 8.78 Å². The largest absolute Gasteiger partial charge is 0.346 e. The van der Waals surface area contributed by atoms with Crippen molar-refractivity contribution in [2.45, 2.75) is 24.9 Å². The number of nitrogens with zero attached hydrogens (tertiary/aromatic N) is 7. The molecule has 1 aromatic carbocycles. The Bertz CT molecular complexity index is 1460. The summed E-state index contributed by atoms with van der Waals surface area (Å²) in [5.74, 6) is 0.304. The van der Waals surface area contributed by atoms with Crippen molar-refractivity contribution in [1.29, 1.82) is 0 Å². The molecule has 3 aliphatic rings. The average molecular weight is 502 g/mol. The third kappa shape index (κ3) is 3.79. The normalized spacial score (nSPS) is 24.1. The van der Waals surface area contributed by atoms with Gasteiger partial charge in [0.1, 0.15) is 17.5 Å². The summed E-state index contributed by atoms with van der Waals surface area (Å²) in [7, 11) is 2.16. The van der Waals surface area contributed by atoms with Gasteiger partial charge in [-0.25, -0.2) is 18.3 Å². The summed E-state index contributed by atoms with van der Waals surface area (Å²) in [6, 6.07) is 9.85. The Morgan fingerprint density at radius 2 is 1.86 bits per heavy atom. The smallest absolute Gasteiger partial charge is 0.165 e. The lowest BCUT2D eigenvalue weighted by atomic mass is 10.0. The summed E-state index contributed by atoms with van der Waals surface area (Å²) in [5.41, 5.74) is 3.55. The van der Waals surface area contributed by atoms with Crippen LogP contribution < -0.4 is 4.90 Å². The van der Waals surface area contributed by atoms with Crippen LogP contribution in [0.5, 0.6) is 0 Å². The first kappa shape index (κ1) is 22.7. The zero-order chi connectivity index (χ0) is 25.1. The SMILES string of the molecule is CN1CCN(Cc2ccc(-c3cnn4ccc(N5CC[C@H]6C[C@]65c5cc(F)ccc5F)nc34)cn2)CC1. The lowest BCUT2D eigenvalue weighted by Gasteiger charge is -2.32. The second kappa shape index (κ2) is 8.56. The molecule has 0 radical (unpaired) electrons. The van der Waals surface area contributed by atoms with E-state index in [9.17, 15) is 8.78 Å². The Morgan fingerprint density at radius 1 is 1.00 bits per heavy atom. The van der Waals surface area contributed by atoms with E-state index in [0.29, 0.717) is 11.5 Å². The van der Waals surface area contributed by atoms with E-state index in [1.165, 1.54) is 18.2 Å². The molecule has 5 heterocycles. The fourth-order valence-corrected chi connectivity index (χ4v) is 6.22. The van der Waals surface area contributed by atoms with Crippen LogP contribution in [0.25, 0.3) is 16.8 Å². The van der Waals surface area contributed by atoms with Gasteiger partial charge in [0, 0.05) is 68.4 Å². The number of fused-ring (bicyclic) bond motifs is 2. The van der Waals surface area contributed by atoms with Gasteiger partial charge in [-0.15, -0.1) is 0 Å². The number of hydrogen-bond acceptors (Lipinski definition) is 6. The van der Waals surface area contributed by atoms with E-state index >= 15 is 0 Å². The van der Waals surface area contributed by atoms with Crippen LogP contribution in [0.3, 0.4) is 0 Å². The Balaban J connectivity index is 1.18. The average Bonchev–Trinajstić information content (AvgIpc) is 3.29. The molecule has 9 heteroatoms. The first-order valence-corrected chi connectivity index (χ1v) is 12.9. The minimum atomic E-state index is -0.524. The zero-order valence-corrected chi connectivity index (χ0v) is 20.8. The quantitative estimate of drug-likeness (QED) is 0.413. The van der Waals surface area contributed by atoms with Crippen molar-refractivity contribution in [3.05, 3.63) is 77.9 Å². The molecule has 2 atom stereocenters. The molecule has 1 saturated carbocycles. The highest BCUT2D eigenvalue weighted by Gasteiger charge is 2.64. The summed E-state index contributed by atoms with van der Waals surface area (Å²) in [6.45, 7) is 5.88. The number of rotatable bonds is 5. The molecule has 0 N–H and O–H groups in total. The van der Waals surface area contributed by atoms with Crippen LogP contribution in [0.4, 0.5) is 14.6 Å². The molecule has 3 fully saturated rings. The van der Waals surface area contributed by atoms with Gasteiger partial charge < -0.3 is 9.80 Å². The summed E-state index contributed by atoms with van der Waals surface area (Å²) in [4.78, 5) is 16.7. The molecule has 0 bridgehead atoms. The molecule has 2 saturated heterocycles. The van der Waals surface area contributed by atoms with Gasteiger partial charge in [-0.3, -0.25) is 9.88 Å². The molecule has 2 aliphatic heterocycles. The van der Waals surface area contributed by atoms with Gasteiger partial charge in [-0.2, -0.15) is 5.10 Å². The van der Waals surface area contributed by atoms with Crippen molar-refractivity contribution in [3.8, 4) is 11.1 Å². The molecule has 37 heavy (non-hydrogen) atoms. The van der Waals surface area contributed by atoms with E-state index in [1.807, 2.05) is 24.7 Å². The van der Waals surface area contributed by atoms with Gasteiger partial charge in [0.25, 0.3) is 0 Å². The molecule has 0 unspecified atom stereocenters. The van der Waals surface area contributed by atoms with E-state index < -0.39 is 11.4 Å². The first-order valence-electron chi connectivity index (χ1n) is 12.9. The van der Waals surface area contributed by atoms with Crippen LogP contribution in [0, 0.1) is 17.6 Å². The maximum absolute atomic E-state index is 14.8. The van der Waals surface area contributed by atoms with Gasteiger partial charge in [0.15, 0.2) is 5.65 Å². The van der Waals surface area contributed by atoms with Gasteiger partial charge in [-0.05, 0) is 56.1 Å². The monoisotopic (exact) mass is 501 g/mol. The summed E-state index contributed by atoms with van der Waals surface area (Å²) < 4.78 is 30.7. The number of likely N-dealkylation sites (N-methyl/N-ethyl adjacent to an activating group) is 1. The number of pyridine rings is 1. The maximum Gasteiger partial charge on any atom is 0.165 e. The predicted octanol–water partition coefficient (Wildman–Crippen LogP) is 3.94. The van der Waals surface area contributed by atoms with E-state index in [-0.39, 0.29) is 5.82 Å². The molecular weight excluding hydrogens is 472 g/mol. The van der Waals surface area contributed by atoms with Gasteiger partial charge in [-0.1, -0.05) is 6.07 Å². The molecule has 7 nitrogen and oxygen atoms in total. The number of benzene rings is 1.